The van der Waals surface area contributed by atoms with Gasteiger partial charge in [-0.25, -0.2) is 9.59 Å². The van der Waals surface area contributed by atoms with Gasteiger partial charge >= 0.3 is 17.6 Å². The molecule has 2 aliphatic heterocycles. The molecule has 0 saturated carbocycles. The summed E-state index contributed by atoms with van der Waals surface area (Å²) in [4.78, 5) is 72.8. The fourth-order valence-electron chi connectivity index (χ4n) is 4.47. The van der Waals surface area contributed by atoms with Crippen LogP contribution in [0.5, 0.6) is 5.75 Å². The molecule has 22 heteroatoms. The Labute approximate surface area is 279 Å². The highest BCUT2D eigenvalue weighted by atomic mass is 35.5. The second kappa shape index (κ2) is 13.0. The second-order valence-corrected chi connectivity index (χ2v) is 12.9. The molecule has 2 atom stereocenters. The quantitative estimate of drug-likeness (QED) is 0.0708. The van der Waals surface area contributed by atoms with Crippen molar-refractivity contribution in [1.82, 2.24) is 39.0 Å². The lowest BCUT2D eigenvalue weighted by molar-refractivity contribution is -0.150. The van der Waals surface area contributed by atoms with Crippen molar-refractivity contribution >= 4 is 86.9 Å². The van der Waals surface area contributed by atoms with E-state index in [1.54, 1.807) is 18.2 Å². The van der Waals surface area contributed by atoms with Crippen LogP contribution in [0.2, 0.25) is 5.02 Å². The molecule has 0 radical (unpaired) electrons. The third-order valence-corrected chi connectivity index (χ3v) is 9.70. The van der Waals surface area contributed by atoms with Crippen LogP contribution in [0.3, 0.4) is 0 Å². The highest BCUT2D eigenvalue weighted by molar-refractivity contribution is 8.01. The van der Waals surface area contributed by atoms with Gasteiger partial charge in [0.1, 0.15) is 28.7 Å². The normalized spacial score (nSPS) is 17.8. The number of nitrogen functional groups attached to an aromatic ring is 1. The molecule has 4 aromatic rings. The van der Waals surface area contributed by atoms with Crippen molar-refractivity contribution in [1.29, 1.82) is 0 Å². The number of fused-ring (bicyclic) bond motifs is 2. The Hall–Kier alpha value is -4.99. The van der Waals surface area contributed by atoms with Gasteiger partial charge in [-0.15, -0.1) is 28.6 Å². The number of carboxylic acid groups (broad SMARTS) is 2. The van der Waals surface area contributed by atoms with Crippen molar-refractivity contribution in [2.45, 2.75) is 23.0 Å². The van der Waals surface area contributed by atoms with E-state index in [0.717, 1.165) is 37.4 Å². The van der Waals surface area contributed by atoms with Crippen molar-refractivity contribution < 1.29 is 34.2 Å². The lowest BCUT2D eigenvalue weighted by Gasteiger charge is -2.49. The maximum atomic E-state index is 13.3. The average Bonchev–Trinajstić information content (AvgIpc) is 3.60. The number of benzene rings is 1. The number of hydrogen-bond donors (Lipinski definition) is 4. The molecule has 1 fully saturated rings. The molecule has 5 N–H and O–H groups in total. The minimum Gasteiger partial charge on any atom is -0.480 e. The summed E-state index contributed by atoms with van der Waals surface area (Å²) in [6, 6.07) is 8.11. The third-order valence-electron chi connectivity index (χ3n) is 6.56. The smallest absolute Gasteiger partial charge is 0.367 e. The van der Waals surface area contributed by atoms with Gasteiger partial charge in [-0.05, 0) is 42.0 Å². The van der Waals surface area contributed by atoms with Crippen LogP contribution in [0.25, 0.3) is 5.65 Å². The van der Waals surface area contributed by atoms with Crippen molar-refractivity contribution in [3.63, 3.8) is 0 Å². The number of carbonyl (C=O) groups is 4. The van der Waals surface area contributed by atoms with E-state index in [2.05, 4.69) is 30.0 Å². The summed E-state index contributed by atoms with van der Waals surface area (Å²) in [5.74, 6) is -3.64. The number of halogens is 1. The largest absolute Gasteiger partial charge is 0.480 e. The molecule has 0 aliphatic carbocycles. The van der Waals surface area contributed by atoms with E-state index in [1.165, 1.54) is 30.0 Å². The first-order valence-electron chi connectivity index (χ1n) is 13.1. The highest BCUT2D eigenvalue weighted by Crippen LogP contribution is 2.41. The highest BCUT2D eigenvalue weighted by Gasteiger charge is 2.54. The van der Waals surface area contributed by atoms with Crippen molar-refractivity contribution in [2.24, 2.45) is 5.16 Å². The monoisotopic (exact) mass is 718 g/mol. The maximum Gasteiger partial charge on any atom is 0.367 e. The standard InChI is InChI=1S/C25H19ClN10O8S3/c26-11-1-3-12(4-2-11)44-32-16(19-29-24(27)47-33-19)20(39)28-17-21(40)35-18(23(41)42)10(9-46-22(17)35)8-45-14-6-5-13-30-34(7-15(37)38)25(43)36(13)31-14/h1-6,17,22H,7-9H2,(H,28,39)(H,37,38)(H,41,42)(H2,27,29,33)/b32-16-/t17?,22-/m1/s1. The van der Waals surface area contributed by atoms with Crippen LogP contribution in [0, 0.1) is 0 Å². The summed E-state index contributed by atoms with van der Waals surface area (Å²) in [6.07, 6.45) is 0. The van der Waals surface area contributed by atoms with Gasteiger partial charge in [0.05, 0.1) is 0 Å². The number of nitrogens with zero attached hydrogens (tertiary/aromatic N) is 8. The summed E-state index contributed by atoms with van der Waals surface area (Å²) in [7, 11) is 0. The molecular weight excluding hydrogens is 700 g/mol. The molecular formula is C25H19ClN10O8S3. The Bertz CT molecular complexity index is 2060. The third kappa shape index (κ3) is 6.50. The van der Waals surface area contributed by atoms with E-state index in [1.807, 2.05) is 0 Å². The number of aliphatic carboxylic acids is 2. The number of carbonyl (C=O) groups excluding carboxylic acids is 2. The first-order chi connectivity index (χ1) is 22.5. The predicted octanol–water partition coefficient (Wildman–Crippen LogP) is 0.377. The van der Waals surface area contributed by atoms with Crippen LogP contribution in [0.4, 0.5) is 5.13 Å². The Morgan fingerprint density at radius 2 is 1.91 bits per heavy atom. The van der Waals surface area contributed by atoms with E-state index in [9.17, 15) is 29.1 Å². The molecule has 2 amide bonds. The molecule has 5 heterocycles. The molecule has 3 aromatic heterocycles. The molecule has 1 saturated heterocycles. The Morgan fingerprint density at radius 3 is 2.60 bits per heavy atom. The van der Waals surface area contributed by atoms with E-state index < -0.39 is 47.4 Å². The Kier molecular flexibility index (Phi) is 8.86. The zero-order valence-corrected chi connectivity index (χ0v) is 26.5. The van der Waals surface area contributed by atoms with Crippen molar-refractivity contribution in [3.05, 3.63) is 69.0 Å². The number of nitrogens with two attached hydrogens (primary N) is 1. The maximum absolute atomic E-state index is 13.3. The molecule has 1 unspecified atom stereocenters. The van der Waals surface area contributed by atoms with E-state index in [0.29, 0.717) is 15.6 Å². The number of rotatable bonds is 11. The SMILES string of the molecule is Nc1nc(/C(=N/Oc2ccc(Cl)cc2)C(=O)NC2C(=O)N3C(C(=O)O)=C(CSc4ccc5nn(CC(=O)O)c(=O)n5n4)CS[C@H]23)ns1. The number of aromatic nitrogens is 6. The summed E-state index contributed by atoms with van der Waals surface area (Å²) < 4.78 is 5.72. The average molecular weight is 719 g/mol. The van der Waals surface area contributed by atoms with Gasteiger partial charge < -0.3 is 26.1 Å². The number of thioether (sulfide) groups is 2. The van der Waals surface area contributed by atoms with E-state index >= 15 is 0 Å². The van der Waals surface area contributed by atoms with Gasteiger partial charge in [0.25, 0.3) is 11.8 Å². The number of hydrogen-bond acceptors (Lipinski definition) is 15. The van der Waals surface area contributed by atoms with Crippen LogP contribution in [0.15, 0.2) is 62.6 Å². The van der Waals surface area contributed by atoms with E-state index in [4.69, 9.17) is 27.3 Å². The number of nitrogens with one attached hydrogen (secondary N) is 1. The molecule has 18 nitrogen and oxygen atoms in total. The summed E-state index contributed by atoms with van der Waals surface area (Å²) >= 11 is 9.08. The second-order valence-electron chi connectivity index (χ2n) is 9.62. The first kappa shape index (κ1) is 32.0. The van der Waals surface area contributed by atoms with Gasteiger partial charge in [-0.1, -0.05) is 16.8 Å². The van der Waals surface area contributed by atoms with E-state index in [-0.39, 0.29) is 45.3 Å². The molecule has 6 rings (SSSR count). The fourth-order valence-corrected chi connectivity index (χ4v) is 7.37. The number of amides is 2. The number of anilines is 1. The Balaban J connectivity index is 1.17. The number of oxime groups is 1. The molecule has 2 aliphatic rings. The summed E-state index contributed by atoms with van der Waals surface area (Å²) in [6.45, 7) is -0.634. The molecule has 47 heavy (non-hydrogen) atoms. The van der Waals surface area contributed by atoms with Gasteiger partial charge in [0, 0.05) is 28.1 Å². The zero-order chi connectivity index (χ0) is 33.4. The van der Waals surface area contributed by atoms with Gasteiger partial charge in [-0.3, -0.25) is 19.3 Å². The minimum absolute atomic E-state index is 0.0674. The number of β-lactam (4-membered cyclic amide) rings is 1. The van der Waals surface area contributed by atoms with Crippen LogP contribution in [-0.2, 0) is 25.7 Å². The lowest BCUT2D eigenvalue weighted by Crippen LogP contribution is -2.71. The number of carboxylic acids is 2. The van der Waals surface area contributed by atoms with Crippen LogP contribution >= 0.6 is 46.7 Å². The van der Waals surface area contributed by atoms with Crippen LogP contribution < -0.4 is 21.6 Å². The lowest BCUT2D eigenvalue weighted by atomic mass is 10.0. The molecule has 242 valence electrons. The predicted molar refractivity (Wildman–Crippen MR) is 168 cm³/mol. The van der Waals surface area contributed by atoms with Gasteiger partial charge in [0.2, 0.25) is 11.5 Å². The molecule has 1 aromatic carbocycles. The Morgan fingerprint density at radius 1 is 1.15 bits per heavy atom. The topological polar surface area (TPSA) is 250 Å². The fraction of sp³-hybridized carbons (Fsp3) is 0.200. The minimum atomic E-state index is -1.33. The van der Waals surface area contributed by atoms with Gasteiger partial charge in [0.15, 0.2) is 16.5 Å². The van der Waals surface area contributed by atoms with Gasteiger partial charge in [-0.2, -0.15) is 23.7 Å². The summed E-state index contributed by atoms with van der Waals surface area (Å²) in [5, 5.41) is 33.7. The van der Waals surface area contributed by atoms with Crippen LogP contribution in [-0.4, -0.2) is 96.3 Å². The van der Waals surface area contributed by atoms with Crippen molar-refractivity contribution in [2.75, 3.05) is 17.2 Å². The zero-order valence-electron chi connectivity index (χ0n) is 23.3. The van der Waals surface area contributed by atoms with Crippen molar-refractivity contribution in [3.8, 4) is 5.75 Å². The summed E-state index contributed by atoms with van der Waals surface area (Å²) in [5.41, 5.74) is 4.91. The van der Waals surface area contributed by atoms with Crippen LogP contribution in [0.1, 0.15) is 5.82 Å². The molecule has 0 bridgehead atoms. The first-order valence-corrected chi connectivity index (χ1v) is 16.3. The molecule has 0 spiro atoms.